The highest BCUT2D eigenvalue weighted by molar-refractivity contribution is 7.16. The van der Waals surface area contributed by atoms with Crippen LogP contribution in [0, 0.1) is 12.7 Å². The third-order valence-electron chi connectivity index (χ3n) is 2.65. The highest BCUT2D eigenvalue weighted by atomic mass is 32.1. The molecule has 1 amide bonds. The molecule has 3 aromatic rings. The number of aromatic nitrogens is 4. The van der Waals surface area contributed by atoms with Gasteiger partial charge in [0.2, 0.25) is 0 Å². The zero-order valence-corrected chi connectivity index (χ0v) is 13.2. The standard InChI is InChI=1S/C14H11FN6O2S/c1-8-19-12(13(24-8)20-11-7-16-4-5-17-11)23-14(22)21-10-3-2-9(15)6-18-10/h2-7H,1H3,(H,17,20)(H,18,21,22). The van der Waals surface area contributed by atoms with Gasteiger partial charge in [-0.1, -0.05) is 11.3 Å². The van der Waals surface area contributed by atoms with Crippen LogP contribution in [0.5, 0.6) is 5.88 Å². The SMILES string of the molecule is Cc1nc(OC(=O)Nc2ccc(F)cn2)c(Nc2cnccn2)s1. The van der Waals surface area contributed by atoms with Gasteiger partial charge in [0, 0.05) is 12.4 Å². The van der Waals surface area contributed by atoms with E-state index in [9.17, 15) is 9.18 Å². The molecule has 3 aromatic heterocycles. The van der Waals surface area contributed by atoms with Crippen LogP contribution >= 0.6 is 11.3 Å². The molecule has 10 heteroatoms. The van der Waals surface area contributed by atoms with E-state index in [4.69, 9.17) is 4.74 Å². The summed E-state index contributed by atoms with van der Waals surface area (Å²) in [4.78, 5) is 27.8. The molecule has 0 atom stereocenters. The molecule has 0 aliphatic carbocycles. The summed E-state index contributed by atoms with van der Waals surface area (Å²) < 4.78 is 18.0. The largest absolute Gasteiger partial charge is 0.419 e. The van der Waals surface area contributed by atoms with Crippen LogP contribution in [-0.4, -0.2) is 26.0 Å². The average Bonchev–Trinajstić information content (AvgIpc) is 2.89. The van der Waals surface area contributed by atoms with Gasteiger partial charge < -0.3 is 10.1 Å². The fourth-order valence-electron chi connectivity index (χ4n) is 1.70. The van der Waals surface area contributed by atoms with E-state index in [1.807, 2.05) is 0 Å². The van der Waals surface area contributed by atoms with Crippen LogP contribution in [0.3, 0.4) is 0 Å². The molecule has 3 rings (SSSR count). The zero-order chi connectivity index (χ0) is 16.9. The van der Waals surface area contributed by atoms with Gasteiger partial charge in [-0.3, -0.25) is 10.3 Å². The molecule has 2 N–H and O–H groups in total. The smallest absolute Gasteiger partial charge is 0.388 e. The van der Waals surface area contributed by atoms with Gasteiger partial charge in [0.1, 0.15) is 17.5 Å². The van der Waals surface area contributed by atoms with E-state index in [0.717, 1.165) is 6.20 Å². The van der Waals surface area contributed by atoms with Gasteiger partial charge in [0.05, 0.1) is 17.4 Å². The second kappa shape index (κ2) is 6.96. The number of rotatable bonds is 4. The van der Waals surface area contributed by atoms with Crippen LogP contribution in [0.1, 0.15) is 5.01 Å². The number of aryl methyl sites for hydroxylation is 1. The van der Waals surface area contributed by atoms with Crippen LogP contribution in [0.4, 0.5) is 25.8 Å². The number of carbonyl (C=O) groups is 1. The van der Waals surface area contributed by atoms with Crippen LogP contribution in [0.15, 0.2) is 36.9 Å². The molecule has 0 bridgehead atoms. The van der Waals surface area contributed by atoms with Crippen molar-refractivity contribution < 1.29 is 13.9 Å². The van der Waals surface area contributed by atoms with Crippen LogP contribution < -0.4 is 15.4 Å². The highest BCUT2D eigenvalue weighted by Gasteiger charge is 2.16. The normalized spacial score (nSPS) is 10.2. The van der Waals surface area contributed by atoms with E-state index in [1.165, 1.54) is 35.9 Å². The molecule has 24 heavy (non-hydrogen) atoms. The Hall–Kier alpha value is -3.14. The first-order valence-corrected chi connectivity index (χ1v) is 7.52. The number of pyridine rings is 1. The third kappa shape index (κ3) is 3.98. The Kier molecular flexibility index (Phi) is 4.57. The molecule has 0 spiro atoms. The number of halogens is 1. The second-order valence-electron chi connectivity index (χ2n) is 4.46. The quantitative estimate of drug-likeness (QED) is 0.748. The van der Waals surface area contributed by atoms with Gasteiger partial charge in [-0.25, -0.2) is 24.1 Å². The lowest BCUT2D eigenvalue weighted by atomic mass is 10.4. The average molecular weight is 346 g/mol. The molecular formula is C14H11FN6O2S. The molecular weight excluding hydrogens is 335 g/mol. The lowest BCUT2D eigenvalue weighted by Gasteiger charge is -2.06. The number of hydrogen-bond acceptors (Lipinski definition) is 8. The summed E-state index contributed by atoms with van der Waals surface area (Å²) >= 11 is 1.30. The van der Waals surface area contributed by atoms with Crippen LogP contribution in [0.2, 0.25) is 0 Å². The van der Waals surface area contributed by atoms with E-state index >= 15 is 0 Å². The van der Waals surface area contributed by atoms with E-state index < -0.39 is 11.9 Å². The summed E-state index contributed by atoms with van der Waals surface area (Å²) in [6.45, 7) is 1.78. The number of thiazole rings is 1. The lowest BCUT2D eigenvalue weighted by Crippen LogP contribution is -2.18. The van der Waals surface area contributed by atoms with Crippen molar-refractivity contribution in [3.63, 3.8) is 0 Å². The lowest BCUT2D eigenvalue weighted by molar-refractivity contribution is 0.213. The van der Waals surface area contributed by atoms with Gasteiger partial charge in [0.15, 0.2) is 5.00 Å². The number of ether oxygens (including phenoxy) is 1. The number of carbonyl (C=O) groups excluding carboxylic acids is 1. The third-order valence-corrected chi connectivity index (χ3v) is 3.52. The molecule has 0 fully saturated rings. The molecule has 0 unspecified atom stereocenters. The molecule has 0 aromatic carbocycles. The molecule has 8 nitrogen and oxygen atoms in total. The number of nitrogens with one attached hydrogen (secondary N) is 2. The van der Waals surface area contributed by atoms with Gasteiger partial charge in [0.25, 0.3) is 5.88 Å². The van der Waals surface area contributed by atoms with E-state index in [2.05, 4.69) is 30.6 Å². The maximum absolute atomic E-state index is 12.8. The van der Waals surface area contributed by atoms with Crippen molar-refractivity contribution in [2.45, 2.75) is 6.92 Å². The Morgan fingerprint density at radius 3 is 2.79 bits per heavy atom. The Balaban J connectivity index is 1.70. The zero-order valence-electron chi connectivity index (χ0n) is 12.4. The monoisotopic (exact) mass is 346 g/mol. The first kappa shape index (κ1) is 15.7. The van der Waals surface area contributed by atoms with Crippen molar-refractivity contribution in [2.24, 2.45) is 0 Å². The van der Waals surface area contributed by atoms with Gasteiger partial charge in [-0.2, -0.15) is 0 Å². The minimum atomic E-state index is -0.790. The highest BCUT2D eigenvalue weighted by Crippen LogP contribution is 2.33. The molecule has 122 valence electrons. The van der Waals surface area contributed by atoms with Gasteiger partial charge in [-0.05, 0) is 19.1 Å². The fraction of sp³-hybridized carbons (Fsp3) is 0.0714. The molecule has 0 aliphatic rings. The molecule has 0 saturated heterocycles. The van der Waals surface area contributed by atoms with E-state index in [0.29, 0.717) is 15.8 Å². The predicted octanol–water partition coefficient (Wildman–Crippen LogP) is 3.13. The minimum Gasteiger partial charge on any atom is -0.388 e. The number of nitrogens with zero attached hydrogens (tertiary/aromatic N) is 4. The second-order valence-corrected chi connectivity index (χ2v) is 5.66. The first-order chi connectivity index (χ1) is 11.6. The molecule has 0 aliphatic heterocycles. The fourth-order valence-corrected chi connectivity index (χ4v) is 2.46. The van der Waals surface area contributed by atoms with Crippen LogP contribution in [0.25, 0.3) is 0 Å². The molecule has 0 saturated carbocycles. The van der Waals surface area contributed by atoms with E-state index in [-0.39, 0.29) is 11.7 Å². The maximum Gasteiger partial charge on any atom is 0.419 e. The summed E-state index contributed by atoms with van der Waals surface area (Å²) in [5.41, 5.74) is 0. The Labute approximate surface area is 139 Å². The molecule has 0 radical (unpaired) electrons. The predicted molar refractivity (Wildman–Crippen MR) is 86.0 cm³/mol. The van der Waals surface area contributed by atoms with Crippen molar-refractivity contribution in [3.05, 3.63) is 47.7 Å². The van der Waals surface area contributed by atoms with Crippen molar-refractivity contribution >= 4 is 34.1 Å². The summed E-state index contributed by atoms with van der Waals surface area (Å²) in [6.07, 6.45) is 4.81. The minimum absolute atomic E-state index is 0.0998. The number of hydrogen-bond donors (Lipinski definition) is 2. The number of amides is 1. The summed E-state index contributed by atoms with van der Waals surface area (Å²) in [5, 5.41) is 6.58. The number of anilines is 3. The van der Waals surface area contributed by atoms with Crippen molar-refractivity contribution in [3.8, 4) is 5.88 Å². The summed E-state index contributed by atoms with van der Waals surface area (Å²) in [6, 6.07) is 2.50. The van der Waals surface area contributed by atoms with E-state index in [1.54, 1.807) is 13.1 Å². The maximum atomic E-state index is 12.8. The Bertz CT molecular complexity index is 840. The van der Waals surface area contributed by atoms with Crippen molar-refractivity contribution in [1.29, 1.82) is 0 Å². The first-order valence-electron chi connectivity index (χ1n) is 6.71. The summed E-state index contributed by atoms with van der Waals surface area (Å²) in [7, 11) is 0. The van der Waals surface area contributed by atoms with Crippen LogP contribution in [-0.2, 0) is 0 Å². The van der Waals surface area contributed by atoms with Gasteiger partial charge in [-0.15, -0.1) is 0 Å². The van der Waals surface area contributed by atoms with Crippen molar-refractivity contribution in [2.75, 3.05) is 10.6 Å². The molecule has 3 heterocycles. The van der Waals surface area contributed by atoms with Crippen molar-refractivity contribution in [1.82, 2.24) is 19.9 Å². The topological polar surface area (TPSA) is 102 Å². The Morgan fingerprint density at radius 2 is 2.08 bits per heavy atom. The summed E-state index contributed by atoms with van der Waals surface area (Å²) in [5.74, 6) is 0.255. The van der Waals surface area contributed by atoms with Gasteiger partial charge >= 0.3 is 6.09 Å². The Morgan fingerprint density at radius 1 is 1.21 bits per heavy atom.